The van der Waals surface area contributed by atoms with Crippen molar-refractivity contribution in [1.82, 2.24) is 4.98 Å². The van der Waals surface area contributed by atoms with E-state index in [0.717, 1.165) is 10.7 Å². The summed E-state index contributed by atoms with van der Waals surface area (Å²) in [5.41, 5.74) is 1.01. The van der Waals surface area contributed by atoms with Crippen molar-refractivity contribution in [3.05, 3.63) is 16.1 Å². The van der Waals surface area contributed by atoms with Crippen LogP contribution < -0.4 is 0 Å². The molecule has 0 aliphatic rings. The van der Waals surface area contributed by atoms with Crippen LogP contribution in [0.3, 0.4) is 0 Å². The highest BCUT2D eigenvalue weighted by atomic mass is 32.1. The molecule has 1 heterocycles. The zero-order valence-electron chi connectivity index (χ0n) is 7.63. The summed E-state index contributed by atoms with van der Waals surface area (Å²) >= 11 is 1.57. The smallest absolute Gasteiger partial charge is 0.142 e. The minimum absolute atomic E-state index is 0.0197. The molecule has 0 radical (unpaired) electrons. The number of nitrogens with zero attached hydrogens (tertiary/aromatic N) is 1. The van der Waals surface area contributed by atoms with Gasteiger partial charge in [0.15, 0.2) is 0 Å². The summed E-state index contributed by atoms with van der Waals surface area (Å²) in [7, 11) is 0. The first-order valence-electron chi connectivity index (χ1n) is 4.10. The molecule has 2 nitrogen and oxygen atoms in total. The van der Waals surface area contributed by atoms with Crippen LogP contribution in [0.15, 0.2) is 5.38 Å². The number of carbonyl (C=O) groups is 1. The SMILES string of the molecule is CCC(=O)C(C)c1nc(C)cs1. The van der Waals surface area contributed by atoms with Crippen LogP contribution in [-0.2, 0) is 4.79 Å². The van der Waals surface area contributed by atoms with Gasteiger partial charge in [-0.1, -0.05) is 6.92 Å². The van der Waals surface area contributed by atoms with E-state index in [1.165, 1.54) is 0 Å². The maximum Gasteiger partial charge on any atom is 0.142 e. The molecule has 0 saturated carbocycles. The largest absolute Gasteiger partial charge is 0.299 e. The quantitative estimate of drug-likeness (QED) is 0.720. The van der Waals surface area contributed by atoms with Crippen LogP contribution >= 0.6 is 11.3 Å². The summed E-state index contributed by atoms with van der Waals surface area (Å²) in [5.74, 6) is 0.248. The number of aryl methyl sites for hydroxylation is 1. The fourth-order valence-electron chi connectivity index (χ4n) is 1.01. The lowest BCUT2D eigenvalue weighted by Gasteiger charge is -2.03. The van der Waals surface area contributed by atoms with Gasteiger partial charge in [0.05, 0.1) is 5.92 Å². The van der Waals surface area contributed by atoms with E-state index in [0.29, 0.717) is 6.42 Å². The second kappa shape index (κ2) is 3.81. The summed E-state index contributed by atoms with van der Waals surface area (Å²) < 4.78 is 0. The van der Waals surface area contributed by atoms with Crippen molar-refractivity contribution >= 4 is 17.1 Å². The van der Waals surface area contributed by atoms with Crippen LogP contribution in [0, 0.1) is 6.92 Å². The molecule has 66 valence electrons. The van der Waals surface area contributed by atoms with Crippen LogP contribution in [0.25, 0.3) is 0 Å². The Kier molecular flexibility index (Phi) is 2.98. The number of aromatic nitrogens is 1. The molecule has 1 aromatic rings. The number of hydrogen-bond donors (Lipinski definition) is 0. The van der Waals surface area contributed by atoms with Crippen molar-refractivity contribution in [2.75, 3.05) is 0 Å². The normalized spacial score (nSPS) is 12.9. The number of Topliss-reactive ketones (excluding diaryl/α,β-unsaturated/α-hetero) is 1. The first kappa shape index (κ1) is 9.39. The van der Waals surface area contributed by atoms with E-state index < -0.39 is 0 Å². The predicted molar refractivity (Wildman–Crippen MR) is 50.6 cm³/mol. The van der Waals surface area contributed by atoms with E-state index in [2.05, 4.69) is 4.98 Å². The van der Waals surface area contributed by atoms with Crippen molar-refractivity contribution in [2.45, 2.75) is 33.1 Å². The molecule has 0 amide bonds. The maximum absolute atomic E-state index is 11.3. The van der Waals surface area contributed by atoms with Crippen molar-refractivity contribution in [3.63, 3.8) is 0 Å². The Labute approximate surface area is 76.6 Å². The van der Waals surface area contributed by atoms with Gasteiger partial charge in [0, 0.05) is 17.5 Å². The summed E-state index contributed by atoms with van der Waals surface area (Å²) in [5, 5.41) is 2.92. The molecule has 0 aliphatic heterocycles. The minimum Gasteiger partial charge on any atom is -0.299 e. The number of ketones is 1. The number of rotatable bonds is 3. The molecule has 1 atom stereocenters. The van der Waals surface area contributed by atoms with Crippen molar-refractivity contribution < 1.29 is 4.79 Å². The third kappa shape index (κ3) is 1.91. The van der Waals surface area contributed by atoms with Gasteiger partial charge >= 0.3 is 0 Å². The number of hydrogen-bond acceptors (Lipinski definition) is 3. The van der Waals surface area contributed by atoms with Gasteiger partial charge < -0.3 is 0 Å². The molecule has 0 bridgehead atoms. The molecule has 0 N–H and O–H groups in total. The summed E-state index contributed by atoms with van der Waals surface area (Å²) in [6.45, 7) is 5.76. The van der Waals surface area contributed by atoms with E-state index in [1.54, 1.807) is 11.3 Å². The fourth-order valence-corrected chi connectivity index (χ4v) is 1.89. The van der Waals surface area contributed by atoms with Gasteiger partial charge in [0.1, 0.15) is 10.8 Å². The fraction of sp³-hybridized carbons (Fsp3) is 0.556. The Morgan fingerprint density at radius 1 is 1.75 bits per heavy atom. The van der Waals surface area contributed by atoms with E-state index >= 15 is 0 Å². The molecule has 0 aliphatic carbocycles. The van der Waals surface area contributed by atoms with Crippen LogP contribution in [0.2, 0.25) is 0 Å². The van der Waals surface area contributed by atoms with E-state index in [9.17, 15) is 4.79 Å². The average molecular weight is 183 g/mol. The summed E-state index contributed by atoms with van der Waals surface area (Å²) in [6, 6.07) is 0. The van der Waals surface area contributed by atoms with Gasteiger partial charge in [0.25, 0.3) is 0 Å². The van der Waals surface area contributed by atoms with Crippen molar-refractivity contribution in [2.24, 2.45) is 0 Å². The van der Waals surface area contributed by atoms with Gasteiger partial charge in [0.2, 0.25) is 0 Å². The number of carbonyl (C=O) groups excluding carboxylic acids is 1. The van der Waals surface area contributed by atoms with E-state index in [1.807, 2.05) is 26.2 Å². The highest BCUT2D eigenvalue weighted by molar-refractivity contribution is 7.09. The Morgan fingerprint density at radius 3 is 2.83 bits per heavy atom. The zero-order valence-corrected chi connectivity index (χ0v) is 8.44. The predicted octanol–water partition coefficient (Wildman–Crippen LogP) is 2.53. The van der Waals surface area contributed by atoms with Gasteiger partial charge in [-0.3, -0.25) is 4.79 Å². The molecule has 12 heavy (non-hydrogen) atoms. The summed E-state index contributed by atoms with van der Waals surface area (Å²) in [4.78, 5) is 15.6. The maximum atomic E-state index is 11.3. The Bertz CT molecular complexity index is 280. The third-order valence-corrected chi connectivity index (χ3v) is 2.98. The molecule has 1 rings (SSSR count). The highest BCUT2D eigenvalue weighted by Crippen LogP contribution is 2.21. The second-order valence-corrected chi connectivity index (χ2v) is 3.76. The molecule has 0 spiro atoms. The molecule has 0 aromatic carbocycles. The van der Waals surface area contributed by atoms with E-state index in [4.69, 9.17) is 0 Å². The first-order chi connectivity index (χ1) is 5.65. The van der Waals surface area contributed by atoms with Gasteiger partial charge in [-0.2, -0.15) is 0 Å². The molecular weight excluding hydrogens is 170 g/mol. The van der Waals surface area contributed by atoms with Gasteiger partial charge in [-0.15, -0.1) is 11.3 Å². The summed E-state index contributed by atoms with van der Waals surface area (Å²) in [6.07, 6.45) is 0.597. The zero-order chi connectivity index (χ0) is 9.14. The van der Waals surface area contributed by atoms with Crippen LogP contribution in [0.5, 0.6) is 0 Å². The first-order valence-corrected chi connectivity index (χ1v) is 4.97. The molecule has 0 fully saturated rings. The Balaban J connectivity index is 2.77. The lowest BCUT2D eigenvalue weighted by atomic mass is 10.1. The monoisotopic (exact) mass is 183 g/mol. The molecule has 0 saturated heterocycles. The molecular formula is C9H13NOS. The Morgan fingerprint density at radius 2 is 2.42 bits per heavy atom. The molecule has 1 aromatic heterocycles. The van der Waals surface area contributed by atoms with Crippen molar-refractivity contribution in [1.29, 1.82) is 0 Å². The van der Waals surface area contributed by atoms with E-state index in [-0.39, 0.29) is 11.7 Å². The number of thiazole rings is 1. The minimum atomic E-state index is -0.0197. The van der Waals surface area contributed by atoms with Gasteiger partial charge in [-0.25, -0.2) is 4.98 Å². The second-order valence-electron chi connectivity index (χ2n) is 2.87. The van der Waals surface area contributed by atoms with Gasteiger partial charge in [-0.05, 0) is 13.8 Å². The topological polar surface area (TPSA) is 30.0 Å². The van der Waals surface area contributed by atoms with Crippen molar-refractivity contribution in [3.8, 4) is 0 Å². The lowest BCUT2D eigenvalue weighted by Crippen LogP contribution is -2.06. The lowest BCUT2D eigenvalue weighted by molar-refractivity contribution is -0.119. The highest BCUT2D eigenvalue weighted by Gasteiger charge is 2.15. The average Bonchev–Trinajstić information content (AvgIpc) is 2.49. The Hall–Kier alpha value is -0.700. The van der Waals surface area contributed by atoms with Crippen LogP contribution in [-0.4, -0.2) is 10.8 Å². The standard InChI is InChI=1S/C9H13NOS/c1-4-8(11)7(3)9-10-6(2)5-12-9/h5,7H,4H2,1-3H3. The van der Waals surface area contributed by atoms with Crippen LogP contribution in [0.1, 0.15) is 36.9 Å². The van der Waals surface area contributed by atoms with Crippen LogP contribution in [0.4, 0.5) is 0 Å². The molecule has 3 heteroatoms. The third-order valence-electron chi connectivity index (χ3n) is 1.84. The molecule has 1 unspecified atom stereocenters.